The zero-order valence-electron chi connectivity index (χ0n) is 16.2. The average molecular weight is 386 g/mol. The zero-order chi connectivity index (χ0) is 20.4. The van der Waals surface area contributed by atoms with Gasteiger partial charge in [0.05, 0.1) is 17.5 Å². The minimum atomic E-state index is -1.18. The van der Waals surface area contributed by atoms with Gasteiger partial charge in [0.15, 0.2) is 6.54 Å². The van der Waals surface area contributed by atoms with Gasteiger partial charge in [-0.3, -0.25) is 0 Å². The number of carboxylic acid groups (broad SMARTS) is 1. The predicted molar refractivity (Wildman–Crippen MR) is 110 cm³/mol. The van der Waals surface area contributed by atoms with Crippen molar-refractivity contribution in [1.82, 2.24) is 4.68 Å². The molecule has 0 fully saturated rings. The molecule has 146 valence electrons. The lowest BCUT2D eigenvalue weighted by Gasteiger charge is -2.07. The van der Waals surface area contributed by atoms with Gasteiger partial charge in [0.2, 0.25) is 5.69 Å². The summed E-state index contributed by atoms with van der Waals surface area (Å²) in [7, 11) is 0. The summed E-state index contributed by atoms with van der Waals surface area (Å²) in [6.07, 6.45) is 1.24. The van der Waals surface area contributed by atoms with Crippen LogP contribution in [0.25, 0.3) is 22.2 Å². The van der Waals surface area contributed by atoms with Gasteiger partial charge in [-0.25, -0.2) is 4.79 Å². The van der Waals surface area contributed by atoms with E-state index in [9.17, 15) is 9.90 Å². The van der Waals surface area contributed by atoms with Crippen LogP contribution in [0.3, 0.4) is 0 Å². The number of aryl methyl sites for hydroxylation is 2. The van der Waals surface area contributed by atoms with E-state index in [-0.39, 0.29) is 5.56 Å². The molecule has 5 nitrogen and oxygen atoms in total. The molecule has 5 heteroatoms. The molecule has 4 aromatic rings. The van der Waals surface area contributed by atoms with E-state index >= 15 is 0 Å². The molecule has 0 spiro atoms. The highest BCUT2D eigenvalue weighted by Gasteiger charge is 2.29. The molecule has 29 heavy (non-hydrogen) atoms. The van der Waals surface area contributed by atoms with E-state index in [1.54, 1.807) is 0 Å². The first-order valence-corrected chi connectivity index (χ1v) is 9.64. The third-order valence-corrected chi connectivity index (χ3v) is 5.14. The van der Waals surface area contributed by atoms with Crippen LogP contribution in [0.5, 0.6) is 5.75 Å². The van der Waals surface area contributed by atoms with Crippen LogP contribution in [0.15, 0.2) is 72.8 Å². The number of carboxylic acids is 1. The standard InChI is InChI=1S/C17H17N2.C7H6O3/c1-13-8-9-16-15(12-13)17(14-6-3-2-4-7-14)19-11-5-10-18(16)19;8-6-4-2-1-3-5(6)7(9)10/h2-4,6-9,12H,5,10-11H2,1H3;1-4,8H,(H,9,10)/q+1;/p-1. The fourth-order valence-corrected chi connectivity index (χ4v) is 3.84. The zero-order valence-corrected chi connectivity index (χ0v) is 16.2. The summed E-state index contributed by atoms with van der Waals surface area (Å²) in [5, 5.41) is 20.4. The van der Waals surface area contributed by atoms with Crippen LogP contribution in [-0.4, -0.2) is 15.8 Å². The van der Waals surface area contributed by atoms with Gasteiger partial charge < -0.3 is 10.2 Å². The number of benzene rings is 3. The van der Waals surface area contributed by atoms with Gasteiger partial charge in [-0.1, -0.05) is 53.8 Å². The second kappa shape index (κ2) is 7.80. The molecule has 1 aromatic heterocycles. The van der Waals surface area contributed by atoms with Crippen LogP contribution in [0, 0.1) is 6.92 Å². The molecule has 0 saturated carbocycles. The molecule has 1 N–H and O–H groups in total. The molecule has 5 rings (SSSR count). The van der Waals surface area contributed by atoms with Gasteiger partial charge in [-0.15, -0.1) is 4.68 Å². The third kappa shape index (κ3) is 3.59. The molecule has 0 amide bonds. The molecule has 0 bridgehead atoms. The summed E-state index contributed by atoms with van der Waals surface area (Å²) >= 11 is 0. The highest BCUT2D eigenvalue weighted by molar-refractivity contribution is 5.92. The van der Waals surface area contributed by atoms with Crippen molar-refractivity contribution in [1.29, 1.82) is 0 Å². The molecule has 0 atom stereocenters. The number of rotatable bonds is 2. The first-order chi connectivity index (χ1) is 14.1. The minimum absolute atomic E-state index is 0.178. The SMILES string of the molecule is Cc1ccc2c(c1)c(-c1ccccc1)[n+]1n2CCC1.O=C(O)c1ccccc1[O-]. The van der Waals surface area contributed by atoms with Crippen molar-refractivity contribution < 1.29 is 19.7 Å². The van der Waals surface area contributed by atoms with Gasteiger partial charge in [0.1, 0.15) is 5.52 Å². The first-order valence-electron chi connectivity index (χ1n) is 9.64. The lowest BCUT2D eigenvalue weighted by atomic mass is 10.1. The first kappa shape index (κ1) is 18.7. The van der Waals surface area contributed by atoms with Crippen LogP contribution in [-0.2, 0) is 13.1 Å². The molecule has 3 aromatic carbocycles. The van der Waals surface area contributed by atoms with Gasteiger partial charge in [-0.05, 0) is 37.3 Å². The van der Waals surface area contributed by atoms with Gasteiger partial charge in [-0.2, -0.15) is 4.68 Å². The minimum Gasteiger partial charge on any atom is -0.872 e. The van der Waals surface area contributed by atoms with E-state index in [0.717, 1.165) is 13.1 Å². The van der Waals surface area contributed by atoms with E-state index < -0.39 is 11.7 Å². The number of hydrogen-bond donors (Lipinski definition) is 1. The second-order valence-corrected chi connectivity index (χ2v) is 7.14. The Morgan fingerprint density at radius 3 is 2.45 bits per heavy atom. The Labute approximate surface area is 169 Å². The Morgan fingerprint density at radius 1 is 1.03 bits per heavy atom. The van der Waals surface area contributed by atoms with Crippen LogP contribution in [0.2, 0.25) is 0 Å². The summed E-state index contributed by atoms with van der Waals surface area (Å²) in [6.45, 7) is 4.42. The molecule has 0 radical (unpaired) electrons. The van der Waals surface area contributed by atoms with E-state index in [1.807, 2.05) is 0 Å². The van der Waals surface area contributed by atoms with Gasteiger partial charge in [0.25, 0.3) is 0 Å². The van der Waals surface area contributed by atoms with Crippen molar-refractivity contribution in [3.05, 3.63) is 83.9 Å². The van der Waals surface area contributed by atoms with E-state index in [2.05, 4.69) is 64.8 Å². The Hall–Kier alpha value is -3.60. The lowest BCUT2D eigenvalue weighted by Crippen LogP contribution is -2.38. The maximum Gasteiger partial charge on any atom is 0.335 e. The fraction of sp³-hybridized carbons (Fsp3) is 0.167. The Morgan fingerprint density at radius 2 is 1.76 bits per heavy atom. The number of hydrogen-bond acceptors (Lipinski definition) is 2. The monoisotopic (exact) mass is 386 g/mol. The van der Waals surface area contributed by atoms with Crippen molar-refractivity contribution in [2.75, 3.05) is 0 Å². The second-order valence-electron chi connectivity index (χ2n) is 7.14. The van der Waals surface area contributed by atoms with Crippen LogP contribution in [0.4, 0.5) is 0 Å². The van der Waals surface area contributed by atoms with Crippen molar-refractivity contribution in [3.8, 4) is 17.0 Å². The molecule has 0 saturated heterocycles. The van der Waals surface area contributed by atoms with Crippen molar-refractivity contribution in [2.24, 2.45) is 0 Å². The van der Waals surface area contributed by atoms with Crippen molar-refractivity contribution in [3.63, 3.8) is 0 Å². The Bertz CT molecular complexity index is 1180. The third-order valence-electron chi connectivity index (χ3n) is 5.14. The van der Waals surface area contributed by atoms with E-state index in [0.29, 0.717) is 0 Å². The molecule has 2 heterocycles. The average Bonchev–Trinajstić information content (AvgIpc) is 3.29. The molecule has 1 aliphatic heterocycles. The van der Waals surface area contributed by atoms with Crippen LogP contribution < -0.4 is 9.79 Å². The smallest absolute Gasteiger partial charge is 0.335 e. The van der Waals surface area contributed by atoms with Gasteiger partial charge in [0, 0.05) is 12.0 Å². The van der Waals surface area contributed by atoms with Crippen LogP contribution >= 0.6 is 0 Å². The normalized spacial score (nSPS) is 12.3. The van der Waals surface area contributed by atoms with Crippen LogP contribution in [0.1, 0.15) is 22.3 Å². The largest absolute Gasteiger partial charge is 0.872 e. The number of aromatic carboxylic acids is 1. The summed E-state index contributed by atoms with van der Waals surface area (Å²) in [4.78, 5) is 10.2. The lowest BCUT2D eigenvalue weighted by molar-refractivity contribution is -0.745. The summed E-state index contributed by atoms with van der Waals surface area (Å²) in [5.41, 5.74) is 5.20. The molecule has 1 aliphatic rings. The maximum atomic E-state index is 10.7. The summed E-state index contributed by atoms with van der Waals surface area (Å²) < 4.78 is 4.87. The number of para-hydroxylation sites is 1. The molecule has 0 unspecified atom stereocenters. The Kier molecular flexibility index (Phi) is 5.04. The fourth-order valence-electron chi connectivity index (χ4n) is 3.84. The van der Waals surface area contributed by atoms with Gasteiger partial charge >= 0.3 is 5.97 Å². The summed E-state index contributed by atoms with van der Waals surface area (Å²) in [6, 6.07) is 23.1. The molecule has 0 aliphatic carbocycles. The predicted octanol–water partition coefficient (Wildman–Crippen LogP) is 3.77. The summed E-state index contributed by atoms with van der Waals surface area (Å²) in [5.74, 6) is -1.62. The highest BCUT2D eigenvalue weighted by atomic mass is 16.4. The Balaban J connectivity index is 0.000000174. The quantitative estimate of drug-likeness (QED) is 0.533. The molecular weight excluding hydrogens is 364 g/mol. The number of nitrogens with zero attached hydrogens (tertiary/aromatic N) is 2. The van der Waals surface area contributed by atoms with Crippen molar-refractivity contribution in [2.45, 2.75) is 26.4 Å². The van der Waals surface area contributed by atoms with E-state index in [4.69, 9.17) is 5.11 Å². The number of aromatic nitrogens is 2. The highest BCUT2D eigenvalue weighted by Crippen LogP contribution is 2.29. The van der Waals surface area contributed by atoms with Crippen molar-refractivity contribution >= 4 is 16.9 Å². The topological polar surface area (TPSA) is 69.2 Å². The number of fused-ring (bicyclic) bond motifs is 3. The number of carbonyl (C=O) groups is 1. The van der Waals surface area contributed by atoms with E-state index in [1.165, 1.54) is 58.4 Å². The maximum absolute atomic E-state index is 10.7. The molecular formula is C24H22N2O3.